The number of nitrogens with one attached hydrogen (secondary N) is 1. The van der Waals surface area contributed by atoms with Gasteiger partial charge in [0.2, 0.25) is 15.9 Å². The van der Waals surface area contributed by atoms with Gasteiger partial charge >= 0.3 is 0 Å². The molecule has 0 bridgehead atoms. The molecular formula is C25H31Cl2N3O4S. The highest BCUT2D eigenvalue weighted by Crippen LogP contribution is 2.25. The number of likely N-dealkylation sites (tertiary alicyclic amines) is 1. The summed E-state index contributed by atoms with van der Waals surface area (Å²) in [7, 11) is -3.42. The quantitative estimate of drug-likeness (QED) is 0.483. The third kappa shape index (κ3) is 6.89. The van der Waals surface area contributed by atoms with E-state index in [2.05, 4.69) is 10.2 Å². The minimum Gasteiger partial charge on any atom is -0.492 e. The molecule has 0 atom stereocenters. The van der Waals surface area contributed by atoms with Crippen LogP contribution < -0.4 is 10.1 Å². The Balaban J connectivity index is 1.15. The first-order chi connectivity index (χ1) is 16.8. The average Bonchev–Trinajstić information content (AvgIpc) is 3.41. The molecule has 2 fully saturated rings. The number of hydrogen-bond acceptors (Lipinski definition) is 5. The van der Waals surface area contributed by atoms with Gasteiger partial charge in [-0.05, 0) is 80.7 Å². The number of halogens is 2. The van der Waals surface area contributed by atoms with Gasteiger partial charge in [0.15, 0.2) is 0 Å². The molecule has 1 N–H and O–H groups in total. The fourth-order valence-electron chi connectivity index (χ4n) is 4.52. The van der Waals surface area contributed by atoms with Crippen molar-refractivity contribution in [2.75, 3.05) is 39.3 Å². The molecule has 2 aromatic carbocycles. The molecule has 190 valence electrons. The fourth-order valence-corrected chi connectivity index (χ4v) is 6.36. The van der Waals surface area contributed by atoms with Gasteiger partial charge in [0.1, 0.15) is 12.4 Å². The van der Waals surface area contributed by atoms with Crippen molar-refractivity contribution in [1.82, 2.24) is 14.5 Å². The van der Waals surface area contributed by atoms with Crippen LogP contribution in [0.5, 0.6) is 5.75 Å². The van der Waals surface area contributed by atoms with Crippen LogP contribution in [-0.4, -0.2) is 62.9 Å². The second-order valence-corrected chi connectivity index (χ2v) is 11.8. The topological polar surface area (TPSA) is 78.9 Å². The lowest BCUT2D eigenvalue weighted by atomic mass is 9.95. The summed E-state index contributed by atoms with van der Waals surface area (Å²) >= 11 is 12.1. The van der Waals surface area contributed by atoms with Gasteiger partial charge in [-0.15, -0.1) is 0 Å². The second kappa shape index (κ2) is 11.9. The van der Waals surface area contributed by atoms with E-state index < -0.39 is 10.0 Å². The Morgan fingerprint density at radius 1 is 0.971 bits per heavy atom. The first-order valence-electron chi connectivity index (χ1n) is 12.0. The zero-order chi connectivity index (χ0) is 24.8. The van der Waals surface area contributed by atoms with Crippen molar-refractivity contribution in [3.63, 3.8) is 0 Å². The maximum atomic E-state index is 12.6. The second-order valence-electron chi connectivity index (χ2n) is 9.02. The summed E-state index contributed by atoms with van der Waals surface area (Å²) in [5, 5.41) is 4.07. The van der Waals surface area contributed by atoms with Gasteiger partial charge in [-0.25, -0.2) is 8.42 Å². The Morgan fingerprint density at radius 2 is 1.66 bits per heavy atom. The van der Waals surface area contributed by atoms with Crippen molar-refractivity contribution in [3.05, 3.63) is 58.1 Å². The van der Waals surface area contributed by atoms with E-state index in [4.69, 9.17) is 27.9 Å². The summed E-state index contributed by atoms with van der Waals surface area (Å²) in [6.45, 7) is 4.36. The highest BCUT2D eigenvalue weighted by molar-refractivity contribution is 7.89. The predicted molar refractivity (Wildman–Crippen MR) is 137 cm³/mol. The smallest absolute Gasteiger partial charge is 0.243 e. The van der Waals surface area contributed by atoms with Gasteiger partial charge < -0.3 is 10.1 Å². The number of piperidine rings is 1. The van der Waals surface area contributed by atoms with Crippen molar-refractivity contribution in [2.45, 2.75) is 37.1 Å². The van der Waals surface area contributed by atoms with Crippen LogP contribution in [0, 0.1) is 5.92 Å². The third-order valence-electron chi connectivity index (χ3n) is 6.55. The Morgan fingerprint density at radius 3 is 2.31 bits per heavy atom. The van der Waals surface area contributed by atoms with Crippen molar-refractivity contribution in [1.29, 1.82) is 0 Å². The molecule has 0 saturated carbocycles. The van der Waals surface area contributed by atoms with Crippen molar-refractivity contribution < 1.29 is 17.9 Å². The van der Waals surface area contributed by atoms with Crippen LogP contribution in [0.2, 0.25) is 10.0 Å². The van der Waals surface area contributed by atoms with Crippen LogP contribution in [0.25, 0.3) is 0 Å². The average molecular weight is 541 g/mol. The van der Waals surface area contributed by atoms with Gasteiger partial charge in [0.25, 0.3) is 0 Å². The van der Waals surface area contributed by atoms with Crippen LogP contribution >= 0.6 is 23.2 Å². The Kier molecular flexibility index (Phi) is 8.94. The molecule has 0 aromatic heterocycles. The number of rotatable bonds is 9. The number of nitrogens with zero attached hydrogens (tertiary/aromatic N) is 2. The molecule has 2 saturated heterocycles. The molecule has 1 amide bonds. The number of carbonyl (C=O) groups excluding carboxylic acids is 1. The zero-order valence-electron chi connectivity index (χ0n) is 19.6. The SMILES string of the molecule is O=C(NCCOc1ccc(S(=O)(=O)N2CCCC2)cc1)C1CCN(Cc2ccc(Cl)c(Cl)c2)CC1. The molecule has 0 radical (unpaired) electrons. The molecule has 7 nitrogen and oxygen atoms in total. The molecule has 35 heavy (non-hydrogen) atoms. The van der Waals surface area contributed by atoms with E-state index in [0.717, 1.165) is 50.9 Å². The lowest BCUT2D eigenvalue weighted by Crippen LogP contribution is -2.41. The molecule has 2 heterocycles. The maximum absolute atomic E-state index is 12.6. The summed E-state index contributed by atoms with van der Waals surface area (Å²) in [5.74, 6) is 0.625. The van der Waals surface area contributed by atoms with Crippen LogP contribution in [-0.2, 0) is 21.4 Å². The van der Waals surface area contributed by atoms with E-state index in [1.54, 1.807) is 24.3 Å². The molecule has 4 rings (SSSR count). The molecule has 10 heteroatoms. The van der Waals surface area contributed by atoms with E-state index >= 15 is 0 Å². The standard InChI is InChI=1S/C25H31Cl2N3O4S/c26-23-8-3-19(17-24(23)27)18-29-14-9-20(10-15-29)25(31)28-11-16-34-21-4-6-22(7-5-21)35(32,33)30-12-1-2-13-30/h3-8,17,20H,1-2,9-16,18H2,(H,28,31). The van der Waals surface area contributed by atoms with Crippen LogP contribution in [0.3, 0.4) is 0 Å². The Bertz CT molecular complexity index is 1110. The summed E-state index contributed by atoms with van der Waals surface area (Å²) in [4.78, 5) is 15.2. The van der Waals surface area contributed by atoms with Crippen LogP contribution in [0.4, 0.5) is 0 Å². The first kappa shape index (κ1) is 26.2. The van der Waals surface area contributed by atoms with Crippen molar-refractivity contribution in [2.24, 2.45) is 5.92 Å². The lowest BCUT2D eigenvalue weighted by molar-refractivity contribution is -0.126. The predicted octanol–water partition coefficient (Wildman–Crippen LogP) is 4.19. The van der Waals surface area contributed by atoms with E-state index in [-0.39, 0.29) is 16.7 Å². The minimum absolute atomic E-state index is 0.00451. The summed E-state index contributed by atoms with van der Waals surface area (Å²) in [6.07, 6.45) is 3.43. The molecule has 0 aliphatic carbocycles. The molecule has 2 aliphatic heterocycles. The van der Waals surface area contributed by atoms with E-state index in [0.29, 0.717) is 42.0 Å². The van der Waals surface area contributed by atoms with Crippen molar-refractivity contribution in [3.8, 4) is 5.75 Å². The van der Waals surface area contributed by atoms with Crippen molar-refractivity contribution >= 4 is 39.1 Å². The van der Waals surface area contributed by atoms with Crippen LogP contribution in [0.1, 0.15) is 31.2 Å². The molecule has 2 aliphatic rings. The van der Waals surface area contributed by atoms with Gasteiger partial charge in [-0.2, -0.15) is 4.31 Å². The lowest BCUT2D eigenvalue weighted by Gasteiger charge is -2.31. The van der Waals surface area contributed by atoms with E-state index in [9.17, 15) is 13.2 Å². The van der Waals surface area contributed by atoms with Gasteiger partial charge in [-0.1, -0.05) is 29.3 Å². The maximum Gasteiger partial charge on any atom is 0.243 e. The number of amides is 1. The Hall–Kier alpha value is -1.84. The number of benzene rings is 2. The van der Waals surface area contributed by atoms with Gasteiger partial charge in [0, 0.05) is 25.6 Å². The summed E-state index contributed by atoms with van der Waals surface area (Å²) < 4.78 is 32.4. The number of ether oxygens (including phenoxy) is 1. The first-order valence-corrected chi connectivity index (χ1v) is 14.2. The highest BCUT2D eigenvalue weighted by atomic mass is 35.5. The molecule has 0 spiro atoms. The van der Waals surface area contributed by atoms with Gasteiger partial charge in [0.05, 0.1) is 21.5 Å². The van der Waals surface area contributed by atoms with E-state index in [1.165, 1.54) is 4.31 Å². The number of carbonyl (C=O) groups is 1. The number of hydrogen-bond donors (Lipinski definition) is 1. The summed E-state index contributed by atoms with van der Waals surface area (Å²) in [6, 6.07) is 12.2. The highest BCUT2D eigenvalue weighted by Gasteiger charge is 2.27. The normalized spacial score (nSPS) is 18.0. The van der Waals surface area contributed by atoms with Gasteiger partial charge in [-0.3, -0.25) is 9.69 Å². The largest absolute Gasteiger partial charge is 0.492 e. The Labute approximate surface area is 217 Å². The van der Waals surface area contributed by atoms with E-state index in [1.807, 2.05) is 18.2 Å². The number of sulfonamides is 1. The summed E-state index contributed by atoms with van der Waals surface area (Å²) in [5.41, 5.74) is 1.11. The molecule has 2 aromatic rings. The third-order valence-corrected chi connectivity index (χ3v) is 9.20. The minimum atomic E-state index is -3.42. The van der Waals surface area contributed by atoms with Crippen LogP contribution in [0.15, 0.2) is 47.4 Å². The fraction of sp³-hybridized carbons (Fsp3) is 0.480. The zero-order valence-corrected chi connectivity index (χ0v) is 21.9. The monoisotopic (exact) mass is 539 g/mol. The molecular weight excluding hydrogens is 509 g/mol. The molecule has 0 unspecified atom stereocenters.